The Hall–Kier alpha value is -1.03. The molecule has 1 aromatic carbocycles. The zero-order valence-corrected chi connectivity index (χ0v) is 14.1. The molecule has 0 amide bonds. The van der Waals surface area contributed by atoms with Crippen LogP contribution in [-0.4, -0.2) is 13.2 Å². The minimum Gasteiger partial charge on any atom is -0.494 e. The van der Waals surface area contributed by atoms with Crippen molar-refractivity contribution in [3.05, 3.63) is 51.2 Å². The average molecular weight is 324 g/mol. The Morgan fingerprint density at radius 1 is 1.19 bits per heavy atom. The van der Waals surface area contributed by atoms with Crippen molar-refractivity contribution in [3.8, 4) is 5.75 Å². The van der Waals surface area contributed by atoms with Gasteiger partial charge in [-0.3, -0.25) is 0 Å². The van der Waals surface area contributed by atoms with E-state index >= 15 is 0 Å². The molecule has 21 heavy (non-hydrogen) atoms. The Labute approximate surface area is 136 Å². The summed E-state index contributed by atoms with van der Waals surface area (Å²) in [6.45, 7) is 5.87. The van der Waals surface area contributed by atoms with Crippen molar-refractivity contribution < 1.29 is 4.74 Å². The molecule has 2 nitrogen and oxygen atoms in total. The first-order chi connectivity index (χ1) is 10.2. The monoisotopic (exact) mass is 323 g/mol. The van der Waals surface area contributed by atoms with Crippen molar-refractivity contribution in [3.63, 3.8) is 0 Å². The molecule has 0 saturated carbocycles. The van der Waals surface area contributed by atoms with Crippen LogP contribution in [0.4, 0.5) is 0 Å². The normalized spacial score (nSPS) is 12.3. The Bertz CT molecular complexity index is 555. The summed E-state index contributed by atoms with van der Waals surface area (Å²) in [5.41, 5.74) is 1.22. The molecule has 4 heteroatoms. The van der Waals surface area contributed by atoms with Crippen molar-refractivity contribution in [2.24, 2.45) is 0 Å². The molecule has 1 atom stereocenters. The maximum absolute atomic E-state index is 6.05. The summed E-state index contributed by atoms with van der Waals surface area (Å²) in [5, 5.41) is 3.63. The van der Waals surface area contributed by atoms with Crippen molar-refractivity contribution >= 4 is 22.9 Å². The lowest BCUT2D eigenvalue weighted by Gasteiger charge is -2.21. The first kappa shape index (κ1) is 16.3. The molecule has 114 valence electrons. The quantitative estimate of drug-likeness (QED) is 0.731. The molecule has 1 heterocycles. The van der Waals surface area contributed by atoms with Gasteiger partial charge >= 0.3 is 0 Å². The van der Waals surface area contributed by atoms with Gasteiger partial charge in [0, 0.05) is 22.9 Å². The number of benzene rings is 1. The lowest BCUT2D eigenvalue weighted by molar-refractivity contribution is 0.331. The van der Waals surface area contributed by atoms with Crippen LogP contribution in [0.25, 0.3) is 0 Å². The standard InChI is InChI=1S/C17H22ClNOS/c1-3-11-19-15(12-13-9-10-17(18)21-13)14-7-5-6-8-16(14)20-4-2/h5-10,15,19H,3-4,11-12H2,1-2H3. The van der Waals surface area contributed by atoms with Crippen LogP contribution < -0.4 is 10.1 Å². The highest BCUT2D eigenvalue weighted by atomic mass is 35.5. The highest BCUT2D eigenvalue weighted by Gasteiger charge is 2.17. The van der Waals surface area contributed by atoms with Crippen LogP contribution in [-0.2, 0) is 6.42 Å². The molecular weight excluding hydrogens is 302 g/mol. The Morgan fingerprint density at radius 3 is 2.67 bits per heavy atom. The smallest absolute Gasteiger partial charge is 0.124 e. The number of para-hydroxylation sites is 1. The van der Waals surface area contributed by atoms with E-state index in [0.717, 1.165) is 29.5 Å². The molecule has 0 aliphatic carbocycles. The van der Waals surface area contributed by atoms with Crippen LogP contribution in [0.2, 0.25) is 4.34 Å². The Morgan fingerprint density at radius 2 is 2.00 bits per heavy atom. The van der Waals surface area contributed by atoms with Gasteiger partial charge in [-0.25, -0.2) is 0 Å². The molecule has 0 saturated heterocycles. The van der Waals surface area contributed by atoms with Crippen LogP contribution in [0.3, 0.4) is 0 Å². The molecule has 0 bridgehead atoms. The Kier molecular flexibility index (Phi) is 6.55. The number of hydrogen-bond donors (Lipinski definition) is 1. The molecule has 0 spiro atoms. The van der Waals surface area contributed by atoms with Gasteiger partial charge in [0.1, 0.15) is 5.75 Å². The van der Waals surface area contributed by atoms with Crippen molar-refractivity contribution in [1.29, 1.82) is 0 Å². The molecule has 0 radical (unpaired) electrons. The fourth-order valence-corrected chi connectivity index (χ4v) is 3.46. The van der Waals surface area contributed by atoms with E-state index in [1.54, 1.807) is 11.3 Å². The summed E-state index contributed by atoms with van der Waals surface area (Å²) in [7, 11) is 0. The third-order valence-electron chi connectivity index (χ3n) is 3.27. The fourth-order valence-electron chi connectivity index (χ4n) is 2.33. The molecule has 2 aromatic rings. The van der Waals surface area contributed by atoms with Crippen molar-refractivity contribution in [2.75, 3.05) is 13.2 Å². The summed E-state index contributed by atoms with van der Waals surface area (Å²) in [5.74, 6) is 0.969. The van der Waals surface area contributed by atoms with E-state index in [1.807, 2.05) is 25.1 Å². The highest BCUT2D eigenvalue weighted by Crippen LogP contribution is 2.31. The minimum absolute atomic E-state index is 0.252. The molecule has 1 aromatic heterocycles. The minimum atomic E-state index is 0.252. The van der Waals surface area contributed by atoms with E-state index in [2.05, 4.69) is 30.4 Å². The molecule has 0 fully saturated rings. The molecule has 2 rings (SSSR count). The summed E-state index contributed by atoms with van der Waals surface area (Å²) < 4.78 is 6.62. The van der Waals surface area contributed by atoms with Gasteiger partial charge in [-0.1, -0.05) is 36.7 Å². The highest BCUT2D eigenvalue weighted by molar-refractivity contribution is 7.16. The second-order valence-electron chi connectivity index (χ2n) is 4.89. The topological polar surface area (TPSA) is 21.3 Å². The van der Waals surface area contributed by atoms with Gasteiger partial charge in [0.15, 0.2) is 0 Å². The molecule has 1 N–H and O–H groups in total. The maximum atomic E-state index is 6.05. The zero-order valence-electron chi connectivity index (χ0n) is 12.6. The summed E-state index contributed by atoms with van der Waals surface area (Å²) in [6.07, 6.45) is 2.04. The van der Waals surface area contributed by atoms with Gasteiger partial charge in [-0.2, -0.15) is 0 Å². The number of nitrogens with one attached hydrogen (secondary N) is 1. The third kappa shape index (κ3) is 4.73. The fraction of sp³-hybridized carbons (Fsp3) is 0.412. The lowest BCUT2D eigenvalue weighted by Crippen LogP contribution is -2.24. The van der Waals surface area contributed by atoms with Crippen LogP contribution >= 0.6 is 22.9 Å². The Balaban J connectivity index is 2.22. The van der Waals surface area contributed by atoms with Gasteiger partial charge in [0.2, 0.25) is 0 Å². The predicted molar refractivity (Wildman–Crippen MR) is 91.7 cm³/mol. The van der Waals surface area contributed by atoms with Gasteiger partial charge in [-0.05, 0) is 38.1 Å². The van der Waals surface area contributed by atoms with E-state index < -0.39 is 0 Å². The van der Waals surface area contributed by atoms with Crippen LogP contribution in [0.15, 0.2) is 36.4 Å². The van der Waals surface area contributed by atoms with E-state index in [-0.39, 0.29) is 6.04 Å². The average Bonchev–Trinajstić information content (AvgIpc) is 2.90. The summed E-state index contributed by atoms with van der Waals surface area (Å²) >= 11 is 7.70. The largest absolute Gasteiger partial charge is 0.494 e. The second kappa shape index (κ2) is 8.42. The lowest BCUT2D eigenvalue weighted by atomic mass is 10.0. The van der Waals surface area contributed by atoms with Crippen molar-refractivity contribution in [1.82, 2.24) is 5.32 Å². The maximum Gasteiger partial charge on any atom is 0.124 e. The van der Waals surface area contributed by atoms with Crippen molar-refractivity contribution in [2.45, 2.75) is 32.7 Å². The van der Waals surface area contributed by atoms with E-state index in [0.29, 0.717) is 6.61 Å². The number of ether oxygens (including phenoxy) is 1. The first-order valence-electron chi connectivity index (χ1n) is 7.43. The predicted octanol–water partition coefficient (Wildman–Crippen LogP) is 5.08. The van der Waals surface area contributed by atoms with E-state index in [4.69, 9.17) is 16.3 Å². The first-order valence-corrected chi connectivity index (χ1v) is 8.63. The van der Waals surface area contributed by atoms with Crippen LogP contribution in [0.5, 0.6) is 5.75 Å². The van der Waals surface area contributed by atoms with E-state index in [1.165, 1.54) is 10.4 Å². The molecule has 1 unspecified atom stereocenters. The number of thiophene rings is 1. The molecule has 0 aliphatic heterocycles. The van der Waals surface area contributed by atoms with Gasteiger partial charge < -0.3 is 10.1 Å². The van der Waals surface area contributed by atoms with E-state index in [9.17, 15) is 0 Å². The SMILES string of the molecule is CCCNC(Cc1ccc(Cl)s1)c1ccccc1OCC. The van der Waals surface area contributed by atoms with Crippen LogP contribution in [0.1, 0.15) is 36.8 Å². The number of halogens is 1. The van der Waals surface area contributed by atoms with Gasteiger partial charge in [0.05, 0.1) is 10.9 Å². The summed E-state index contributed by atoms with van der Waals surface area (Å²) in [4.78, 5) is 1.29. The molecular formula is C17H22ClNOS. The second-order valence-corrected chi connectivity index (χ2v) is 6.69. The van der Waals surface area contributed by atoms with Crippen LogP contribution in [0, 0.1) is 0 Å². The number of hydrogen-bond acceptors (Lipinski definition) is 3. The van der Waals surface area contributed by atoms with Gasteiger partial charge in [-0.15, -0.1) is 11.3 Å². The van der Waals surface area contributed by atoms with Gasteiger partial charge in [0.25, 0.3) is 0 Å². The number of rotatable bonds is 8. The third-order valence-corrected chi connectivity index (χ3v) is 4.52. The summed E-state index contributed by atoms with van der Waals surface area (Å²) in [6, 6.07) is 12.6. The zero-order chi connectivity index (χ0) is 15.1. The molecule has 0 aliphatic rings.